The van der Waals surface area contributed by atoms with Crippen molar-refractivity contribution < 1.29 is 14.4 Å². The second kappa shape index (κ2) is 7.98. The molecule has 1 aromatic carbocycles. The maximum atomic E-state index is 12.7. The van der Waals surface area contributed by atoms with Gasteiger partial charge in [-0.1, -0.05) is 12.1 Å². The molecule has 8 nitrogen and oxygen atoms in total. The molecule has 2 fully saturated rings. The highest BCUT2D eigenvalue weighted by Gasteiger charge is 2.39. The number of piperazine rings is 1. The Bertz CT molecular complexity index is 796. The van der Waals surface area contributed by atoms with Crippen molar-refractivity contribution in [2.24, 2.45) is 0 Å². The normalized spacial score (nSPS) is 25.8. The Morgan fingerprint density at radius 2 is 2.11 bits per heavy atom. The molecule has 0 spiro atoms. The van der Waals surface area contributed by atoms with Crippen molar-refractivity contribution in [3.63, 3.8) is 0 Å². The zero-order valence-corrected chi connectivity index (χ0v) is 16.2. The summed E-state index contributed by atoms with van der Waals surface area (Å²) in [5, 5.41) is 9.34. The van der Waals surface area contributed by atoms with E-state index < -0.39 is 6.04 Å². The van der Waals surface area contributed by atoms with Gasteiger partial charge < -0.3 is 20.4 Å². The van der Waals surface area contributed by atoms with E-state index in [-0.39, 0.29) is 24.1 Å². The van der Waals surface area contributed by atoms with Crippen molar-refractivity contribution in [3.8, 4) is 0 Å². The highest BCUT2D eigenvalue weighted by Crippen LogP contribution is 2.28. The Morgan fingerprint density at radius 1 is 1.25 bits per heavy atom. The van der Waals surface area contributed by atoms with Gasteiger partial charge in [0.1, 0.15) is 6.04 Å². The SMILES string of the molecule is CN1CCNC(CNCc2ccc3c(c2)CN(C2CCC(=O)NC2=O)C3=O)C1. The number of imide groups is 1. The molecular formula is C20H27N5O3. The number of carbonyl (C=O) groups is 3. The largest absolute Gasteiger partial charge is 0.322 e. The lowest BCUT2D eigenvalue weighted by Gasteiger charge is -2.31. The molecule has 3 aliphatic heterocycles. The summed E-state index contributed by atoms with van der Waals surface area (Å²) in [5.41, 5.74) is 2.73. The van der Waals surface area contributed by atoms with Crippen LogP contribution >= 0.6 is 0 Å². The Morgan fingerprint density at radius 3 is 2.89 bits per heavy atom. The second-order valence-electron chi connectivity index (χ2n) is 7.94. The number of hydrogen-bond acceptors (Lipinski definition) is 6. The van der Waals surface area contributed by atoms with Gasteiger partial charge in [-0.15, -0.1) is 0 Å². The Kier molecular flexibility index (Phi) is 5.43. The van der Waals surface area contributed by atoms with Crippen molar-refractivity contribution in [1.29, 1.82) is 0 Å². The van der Waals surface area contributed by atoms with Crippen LogP contribution in [0.2, 0.25) is 0 Å². The summed E-state index contributed by atoms with van der Waals surface area (Å²) in [6.45, 7) is 5.18. The van der Waals surface area contributed by atoms with Gasteiger partial charge in [-0.2, -0.15) is 0 Å². The number of hydrogen-bond donors (Lipinski definition) is 3. The first-order valence-electron chi connectivity index (χ1n) is 9.90. The molecule has 3 aliphatic rings. The second-order valence-corrected chi connectivity index (χ2v) is 7.94. The minimum atomic E-state index is -0.562. The lowest BCUT2D eigenvalue weighted by Crippen LogP contribution is -2.52. The van der Waals surface area contributed by atoms with E-state index in [1.165, 1.54) is 0 Å². The molecule has 0 aromatic heterocycles. The summed E-state index contributed by atoms with van der Waals surface area (Å²) in [4.78, 5) is 40.1. The lowest BCUT2D eigenvalue weighted by molar-refractivity contribution is -0.136. The van der Waals surface area contributed by atoms with E-state index in [1.54, 1.807) is 4.90 Å². The van der Waals surface area contributed by atoms with E-state index in [9.17, 15) is 14.4 Å². The van der Waals surface area contributed by atoms with E-state index in [2.05, 4.69) is 27.9 Å². The highest BCUT2D eigenvalue weighted by molar-refractivity contribution is 6.05. The van der Waals surface area contributed by atoms with Crippen LogP contribution in [0.4, 0.5) is 0 Å². The quantitative estimate of drug-likeness (QED) is 0.589. The third kappa shape index (κ3) is 3.94. The first-order valence-corrected chi connectivity index (χ1v) is 9.90. The maximum Gasteiger partial charge on any atom is 0.255 e. The van der Waals surface area contributed by atoms with Gasteiger partial charge in [0.15, 0.2) is 0 Å². The topological polar surface area (TPSA) is 93.8 Å². The molecule has 0 radical (unpaired) electrons. The minimum Gasteiger partial charge on any atom is -0.322 e. The monoisotopic (exact) mass is 385 g/mol. The van der Waals surface area contributed by atoms with E-state index in [4.69, 9.17) is 0 Å². The zero-order valence-electron chi connectivity index (χ0n) is 16.2. The van der Waals surface area contributed by atoms with Gasteiger partial charge >= 0.3 is 0 Å². The Labute approximate surface area is 164 Å². The van der Waals surface area contributed by atoms with Crippen LogP contribution in [0.15, 0.2) is 18.2 Å². The van der Waals surface area contributed by atoms with Crippen LogP contribution in [0.5, 0.6) is 0 Å². The van der Waals surface area contributed by atoms with Crippen LogP contribution in [0.1, 0.15) is 34.3 Å². The average Bonchev–Trinajstić information content (AvgIpc) is 2.98. The van der Waals surface area contributed by atoms with E-state index in [1.807, 2.05) is 18.2 Å². The van der Waals surface area contributed by atoms with Gasteiger partial charge in [-0.05, 0) is 30.7 Å². The maximum absolute atomic E-state index is 12.7. The molecule has 3 heterocycles. The van der Waals surface area contributed by atoms with Gasteiger partial charge in [-0.3, -0.25) is 19.7 Å². The number of fused-ring (bicyclic) bond motifs is 1. The number of rotatable bonds is 5. The summed E-state index contributed by atoms with van der Waals surface area (Å²) < 4.78 is 0. The predicted molar refractivity (Wildman–Crippen MR) is 103 cm³/mol. The van der Waals surface area contributed by atoms with Gasteiger partial charge in [0.25, 0.3) is 5.91 Å². The summed E-state index contributed by atoms with van der Waals surface area (Å²) in [6.07, 6.45) is 0.664. The highest BCUT2D eigenvalue weighted by atomic mass is 16.2. The molecule has 0 aliphatic carbocycles. The molecule has 3 amide bonds. The number of amides is 3. The Balaban J connectivity index is 1.35. The fourth-order valence-corrected chi connectivity index (χ4v) is 4.26. The van der Waals surface area contributed by atoms with E-state index in [0.717, 1.165) is 43.9 Å². The molecule has 28 heavy (non-hydrogen) atoms. The first kappa shape index (κ1) is 19.0. The third-order valence-corrected chi connectivity index (χ3v) is 5.77. The van der Waals surface area contributed by atoms with Crippen LogP contribution in [-0.2, 0) is 22.7 Å². The number of carbonyl (C=O) groups excluding carboxylic acids is 3. The van der Waals surface area contributed by atoms with Crippen molar-refractivity contribution in [2.75, 3.05) is 33.2 Å². The molecule has 4 rings (SSSR count). The minimum absolute atomic E-state index is 0.126. The van der Waals surface area contributed by atoms with Gasteiger partial charge in [-0.25, -0.2) is 0 Å². The lowest BCUT2D eigenvalue weighted by atomic mass is 10.0. The van der Waals surface area contributed by atoms with Crippen LogP contribution in [0.3, 0.4) is 0 Å². The van der Waals surface area contributed by atoms with Gasteiger partial charge in [0.05, 0.1) is 0 Å². The van der Waals surface area contributed by atoms with Crippen LogP contribution in [0, 0.1) is 0 Å². The fourth-order valence-electron chi connectivity index (χ4n) is 4.26. The molecule has 1 aromatic rings. The summed E-state index contributed by atoms with van der Waals surface area (Å²) >= 11 is 0. The zero-order chi connectivity index (χ0) is 19.7. The molecule has 2 atom stereocenters. The Hall–Kier alpha value is -2.29. The first-order chi connectivity index (χ1) is 13.5. The van der Waals surface area contributed by atoms with Crippen molar-refractivity contribution in [2.45, 2.75) is 38.0 Å². The van der Waals surface area contributed by atoms with Crippen molar-refractivity contribution >= 4 is 17.7 Å². The molecule has 2 unspecified atom stereocenters. The number of nitrogens with zero attached hydrogens (tertiary/aromatic N) is 2. The molecule has 8 heteroatoms. The molecule has 0 saturated carbocycles. The molecule has 0 bridgehead atoms. The number of likely N-dealkylation sites (N-methyl/N-ethyl adjacent to an activating group) is 1. The molecule has 3 N–H and O–H groups in total. The predicted octanol–water partition coefficient (Wildman–Crippen LogP) is -0.559. The standard InChI is InChI=1S/C20H27N5O3/c1-24-7-6-22-15(12-24)10-21-9-13-2-3-16-14(8-13)11-25(20(16)28)17-4-5-18(26)23-19(17)27/h2-3,8,15,17,21-22H,4-7,9-12H2,1H3,(H,23,26,27). The fraction of sp³-hybridized carbons (Fsp3) is 0.550. The average molecular weight is 385 g/mol. The van der Waals surface area contributed by atoms with E-state index in [0.29, 0.717) is 24.6 Å². The molecule has 2 saturated heterocycles. The summed E-state index contributed by atoms with van der Waals surface area (Å²) in [6, 6.07) is 5.75. The number of benzene rings is 1. The smallest absolute Gasteiger partial charge is 0.255 e. The number of nitrogens with one attached hydrogen (secondary N) is 3. The van der Waals surface area contributed by atoms with Crippen molar-refractivity contribution in [3.05, 3.63) is 34.9 Å². The van der Waals surface area contributed by atoms with Gasteiger partial charge in [0.2, 0.25) is 11.8 Å². The number of piperidine rings is 1. The van der Waals surface area contributed by atoms with Crippen LogP contribution in [0.25, 0.3) is 0 Å². The van der Waals surface area contributed by atoms with Crippen molar-refractivity contribution in [1.82, 2.24) is 25.8 Å². The van der Waals surface area contributed by atoms with Crippen LogP contribution in [-0.4, -0.2) is 72.8 Å². The van der Waals surface area contributed by atoms with Crippen LogP contribution < -0.4 is 16.0 Å². The third-order valence-electron chi connectivity index (χ3n) is 5.77. The van der Waals surface area contributed by atoms with Gasteiger partial charge in [0, 0.05) is 57.3 Å². The summed E-state index contributed by atoms with van der Waals surface area (Å²) in [5.74, 6) is -0.764. The van der Waals surface area contributed by atoms with E-state index >= 15 is 0 Å². The molecular weight excluding hydrogens is 358 g/mol. The molecule has 150 valence electrons. The summed E-state index contributed by atoms with van der Waals surface area (Å²) in [7, 11) is 2.14.